The number of hydrogen-bond acceptors (Lipinski definition) is 2. The van der Waals surface area contributed by atoms with E-state index < -0.39 is 11.9 Å². The lowest BCUT2D eigenvalue weighted by atomic mass is 9.99. The predicted molar refractivity (Wildman–Crippen MR) is 73.9 cm³/mol. The van der Waals surface area contributed by atoms with Crippen molar-refractivity contribution in [1.82, 2.24) is 5.32 Å². The Hall–Kier alpha value is -1.84. The first-order valence-electron chi connectivity index (χ1n) is 6.46. The van der Waals surface area contributed by atoms with Crippen molar-refractivity contribution < 1.29 is 14.7 Å². The molecule has 1 rings (SSSR count). The Morgan fingerprint density at radius 3 is 2.26 bits per heavy atom. The van der Waals surface area contributed by atoms with Crippen LogP contribution < -0.4 is 5.32 Å². The minimum Gasteiger partial charge on any atom is -0.481 e. The van der Waals surface area contributed by atoms with Crippen molar-refractivity contribution in [2.24, 2.45) is 11.8 Å². The molecule has 104 valence electrons. The second-order valence-electron chi connectivity index (χ2n) is 5.08. The van der Waals surface area contributed by atoms with Gasteiger partial charge in [0.15, 0.2) is 0 Å². The van der Waals surface area contributed by atoms with Gasteiger partial charge in [0.2, 0.25) is 5.91 Å². The second-order valence-corrected chi connectivity index (χ2v) is 5.08. The fourth-order valence-corrected chi connectivity index (χ4v) is 1.69. The summed E-state index contributed by atoms with van der Waals surface area (Å²) in [6.07, 6.45) is 0.660. The number of hydrogen-bond donors (Lipinski definition) is 2. The van der Waals surface area contributed by atoms with E-state index in [1.54, 1.807) is 6.92 Å². The van der Waals surface area contributed by atoms with Crippen LogP contribution in [0.3, 0.4) is 0 Å². The quantitative estimate of drug-likeness (QED) is 0.825. The summed E-state index contributed by atoms with van der Waals surface area (Å²) in [5, 5.41) is 11.4. The molecule has 0 aliphatic rings. The fourth-order valence-electron chi connectivity index (χ4n) is 1.69. The molecule has 4 heteroatoms. The molecule has 2 unspecified atom stereocenters. The zero-order valence-electron chi connectivity index (χ0n) is 11.6. The number of amides is 1. The topological polar surface area (TPSA) is 66.4 Å². The number of carbonyl (C=O) groups is 2. The summed E-state index contributed by atoms with van der Waals surface area (Å²) >= 11 is 0. The van der Waals surface area contributed by atoms with E-state index in [-0.39, 0.29) is 18.4 Å². The van der Waals surface area contributed by atoms with Gasteiger partial charge >= 0.3 is 5.97 Å². The smallest absolute Gasteiger partial charge is 0.308 e. The molecule has 4 nitrogen and oxygen atoms in total. The van der Waals surface area contributed by atoms with Gasteiger partial charge in [0.05, 0.1) is 5.92 Å². The van der Waals surface area contributed by atoms with Crippen LogP contribution in [0.4, 0.5) is 0 Å². The molecule has 0 heterocycles. The van der Waals surface area contributed by atoms with E-state index in [1.165, 1.54) is 5.56 Å². The SMILES string of the molecule is Cc1ccc(CC(C)C(=O)NCC(C)C(=O)O)cc1. The summed E-state index contributed by atoms with van der Waals surface area (Å²) < 4.78 is 0. The van der Waals surface area contributed by atoms with Crippen molar-refractivity contribution in [2.45, 2.75) is 27.2 Å². The highest BCUT2D eigenvalue weighted by molar-refractivity contribution is 5.79. The van der Waals surface area contributed by atoms with Crippen LogP contribution in [0.1, 0.15) is 25.0 Å². The van der Waals surface area contributed by atoms with Gasteiger partial charge in [-0.2, -0.15) is 0 Å². The number of carboxylic acids is 1. The molecule has 19 heavy (non-hydrogen) atoms. The molecule has 0 fully saturated rings. The summed E-state index contributed by atoms with van der Waals surface area (Å²) in [5.74, 6) is -1.72. The molecule has 0 saturated carbocycles. The zero-order chi connectivity index (χ0) is 14.4. The third kappa shape index (κ3) is 5.12. The highest BCUT2D eigenvalue weighted by Crippen LogP contribution is 2.10. The average Bonchev–Trinajstić information content (AvgIpc) is 2.37. The molecular formula is C15H21NO3. The van der Waals surface area contributed by atoms with Crippen molar-refractivity contribution in [1.29, 1.82) is 0 Å². The number of carboxylic acid groups (broad SMARTS) is 1. The van der Waals surface area contributed by atoms with Crippen molar-refractivity contribution in [3.63, 3.8) is 0 Å². The first-order valence-corrected chi connectivity index (χ1v) is 6.46. The molecule has 0 aliphatic carbocycles. The van der Waals surface area contributed by atoms with Crippen LogP contribution in [-0.2, 0) is 16.0 Å². The van der Waals surface area contributed by atoms with E-state index in [4.69, 9.17) is 5.11 Å². The lowest BCUT2D eigenvalue weighted by Crippen LogP contribution is -2.35. The van der Waals surface area contributed by atoms with Crippen molar-refractivity contribution >= 4 is 11.9 Å². The molecule has 1 aromatic carbocycles. The van der Waals surface area contributed by atoms with E-state index in [2.05, 4.69) is 5.32 Å². The third-order valence-corrected chi connectivity index (χ3v) is 3.11. The van der Waals surface area contributed by atoms with Crippen molar-refractivity contribution in [3.8, 4) is 0 Å². The number of rotatable bonds is 6. The van der Waals surface area contributed by atoms with Gasteiger partial charge in [-0.3, -0.25) is 9.59 Å². The maximum Gasteiger partial charge on any atom is 0.308 e. The summed E-state index contributed by atoms with van der Waals surface area (Å²) in [5.41, 5.74) is 2.30. The summed E-state index contributed by atoms with van der Waals surface area (Å²) in [6.45, 7) is 5.62. The van der Waals surface area contributed by atoms with Crippen molar-refractivity contribution in [3.05, 3.63) is 35.4 Å². The van der Waals surface area contributed by atoms with Crippen LogP contribution in [0, 0.1) is 18.8 Å². The maximum absolute atomic E-state index is 11.8. The highest BCUT2D eigenvalue weighted by atomic mass is 16.4. The van der Waals surface area contributed by atoms with Gasteiger partial charge in [-0.25, -0.2) is 0 Å². The number of benzene rings is 1. The number of aliphatic carboxylic acids is 1. The fraction of sp³-hybridized carbons (Fsp3) is 0.467. The number of nitrogens with one attached hydrogen (secondary N) is 1. The van der Waals surface area contributed by atoms with E-state index in [9.17, 15) is 9.59 Å². The van der Waals surface area contributed by atoms with Crippen LogP contribution in [-0.4, -0.2) is 23.5 Å². The standard InChI is InChI=1S/C15H21NO3/c1-10-4-6-13(7-5-10)8-11(2)14(17)16-9-12(3)15(18)19/h4-7,11-12H,8-9H2,1-3H3,(H,16,17)(H,18,19). The van der Waals surface area contributed by atoms with Crippen LogP contribution in [0.25, 0.3) is 0 Å². The Labute approximate surface area is 113 Å². The van der Waals surface area contributed by atoms with E-state index >= 15 is 0 Å². The van der Waals surface area contributed by atoms with E-state index in [0.717, 1.165) is 5.56 Å². The lowest BCUT2D eigenvalue weighted by Gasteiger charge is -2.14. The largest absolute Gasteiger partial charge is 0.481 e. The Kier molecular flexibility index (Phi) is 5.55. The van der Waals surface area contributed by atoms with Crippen LogP contribution >= 0.6 is 0 Å². The lowest BCUT2D eigenvalue weighted by molar-refractivity contribution is -0.141. The Morgan fingerprint density at radius 1 is 1.16 bits per heavy atom. The van der Waals surface area contributed by atoms with Crippen LogP contribution in [0.2, 0.25) is 0 Å². The monoisotopic (exact) mass is 263 g/mol. The van der Waals surface area contributed by atoms with Gasteiger partial charge in [0, 0.05) is 12.5 Å². The molecule has 1 aromatic rings. The molecule has 0 saturated heterocycles. The Balaban J connectivity index is 2.44. The maximum atomic E-state index is 11.8. The van der Waals surface area contributed by atoms with Gasteiger partial charge in [0.25, 0.3) is 0 Å². The van der Waals surface area contributed by atoms with Gasteiger partial charge in [-0.15, -0.1) is 0 Å². The molecule has 0 aromatic heterocycles. The first-order chi connectivity index (χ1) is 8.90. The Bertz CT molecular complexity index is 439. The highest BCUT2D eigenvalue weighted by Gasteiger charge is 2.16. The first kappa shape index (κ1) is 15.2. The molecule has 0 aliphatic heterocycles. The second kappa shape index (κ2) is 6.92. The number of carbonyl (C=O) groups excluding carboxylic acids is 1. The molecule has 0 radical (unpaired) electrons. The van der Waals surface area contributed by atoms with E-state index in [0.29, 0.717) is 6.42 Å². The summed E-state index contributed by atoms with van der Waals surface area (Å²) in [7, 11) is 0. The minimum absolute atomic E-state index is 0.103. The third-order valence-electron chi connectivity index (χ3n) is 3.11. The minimum atomic E-state index is -0.897. The normalized spacial score (nSPS) is 13.6. The number of aryl methyl sites for hydroxylation is 1. The Morgan fingerprint density at radius 2 is 1.74 bits per heavy atom. The van der Waals surface area contributed by atoms with Gasteiger partial charge in [-0.05, 0) is 18.9 Å². The molecule has 0 spiro atoms. The molecule has 2 atom stereocenters. The summed E-state index contributed by atoms with van der Waals surface area (Å²) in [4.78, 5) is 22.5. The van der Waals surface area contributed by atoms with E-state index in [1.807, 2.05) is 38.1 Å². The summed E-state index contributed by atoms with van der Waals surface area (Å²) in [6, 6.07) is 8.07. The van der Waals surface area contributed by atoms with Crippen LogP contribution in [0.5, 0.6) is 0 Å². The average molecular weight is 263 g/mol. The molecule has 0 bridgehead atoms. The van der Waals surface area contributed by atoms with Crippen molar-refractivity contribution in [2.75, 3.05) is 6.54 Å². The van der Waals surface area contributed by atoms with Crippen LogP contribution in [0.15, 0.2) is 24.3 Å². The van der Waals surface area contributed by atoms with Gasteiger partial charge in [-0.1, -0.05) is 43.7 Å². The molecule has 2 N–H and O–H groups in total. The molecular weight excluding hydrogens is 242 g/mol. The predicted octanol–water partition coefficient (Wildman–Crippen LogP) is 2.01. The van der Waals surface area contributed by atoms with Gasteiger partial charge < -0.3 is 10.4 Å². The molecule has 1 amide bonds. The van der Waals surface area contributed by atoms with Gasteiger partial charge in [0.1, 0.15) is 0 Å². The zero-order valence-corrected chi connectivity index (χ0v) is 11.6.